The lowest BCUT2D eigenvalue weighted by Crippen LogP contribution is -2.49. The molecule has 0 aromatic rings. The molecular formula is C15H30N2O3. The first-order valence-corrected chi connectivity index (χ1v) is 7.74. The summed E-state index contributed by atoms with van der Waals surface area (Å²) in [5, 5.41) is 6.35. The fourth-order valence-corrected chi connectivity index (χ4v) is 2.59. The molecule has 0 aliphatic carbocycles. The smallest absolute Gasteiger partial charge is 0.226 e. The van der Waals surface area contributed by atoms with E-state index in [-0.39, 0.29) is 17.6 Å². The van der Waals surface area contributed by atoms with E-state index in [9.17, 15) is 4.79 Å². The first-order valence-electron chi connectivity index (χ1n) is 7.74. The van der Waals surface area contributed by atoms with Crippen LogP contribution >= 0.6 is 0 Å². The zero-order valence-corrected chi connectivity index (χ0v) is 13.3. The van der Waals surface area contributed by atoms with Gasteiger partial charge in [0.05, 0.1) is 6.54 Å². The molecule has 0 bridgehead atoms. The molecule has 1 rings (SSSR count). The summed E-state index contributed by atoms with van der Waals surface area (Å²) >= 11 is 0. The van der Waals surface area contributed by atoms with E-state index in [1.165, 1.54) is 0 Å². The summed E-state index contributed by atoms with van der Waals surface area (Å²) in [6.45, 7) is 11.4. The lowest BCUT2D eigenvalue weighted by atomic mass is 9.74. The molecule has 1 amide bonds. The predicted octanol–water partition coefficient (Wildman–Crippen LogP) is 1.53. The van der Waals surface area contributed by atoms with Crippen LogP contribution in [-0.2, 0) is 14.3 Å². The third kappa shape index (κ3) is 5.04. The fourth-order valence-electron chi connectivity index (χ4n) is 2.59. The second-order valence-corrected chi connectivity index (χ2v) is 5.82. The quantitative estimate of drug-likeness (QED) is 0.664. The van der Waals surface area contributed by atoms with E-state index in [1.807, 2.05) is 27.7 Å². The van der Waals surface area contributed by atoms with Crippen molar-refractivity contribution in [2.45, 2.75) is 46.8 Å². The number of piperidine rings is 1. The topological polar surface area (TPSA) is 59.6 Å². The maximum atomic E-state index is 12.4. The summed E-state index contributed by atoms with van der Waals surface area (Å²) in [5.74, 6) is 0.462. The normalized spacial score (nSPS) is 20.1. The van der Waals surface area contributed by atoms with Crippen molar-refractivity contribution < 1.29 is 14.3 Å². The molecule has 1 aliphatic heterocycles. The Bertz CT molecular complexity index is 283. The van der Waals surface area contributed by atoms with Gasteiger partial charge >= 0.3 is 0 Å². The molecule has 5 nitrogen and oxygen atoms in total. The van der Waals surface area contributed by atoms with E-state index in [0.717, 1.165) is 25.9 Å². The van der Waals surface area contributed by atoms with Crippen LogP contribution in [-0.4, -0.2) is 45.0 Å². The Kier molecular flexibility index (Phi) is 7.48. The average Bonchev–Trinajstić information content (AvgIpc) is 2.45. The van der Waals surface area contributed by atoms with Crippen LogP contribution in [0.3, 0.4) is 0 Å². The highest BCUT2D eigenvalue weighted by Gasteiger charge is 2.37. The Labute approximate surface area is 122 Å². The first kappa shape index (κ1) is 17.4. The SMILES string of the molecule is CCOC(CNC(=O)C(C)(C)C1CCCNC1)OCC. The van der Waals surface area contributed by atoms with Crippen molar-refractivity contribution in [2.24, 2.45) is 11.3 Å². The zero-order valence-electron chi connectivity index (χ0n) is 13.3. The highest BCUT2D eigenvalue weighted by atomic mass is 16.7. The van der Waals surface area contributed by atoms with Crippen molar-refractivity contribution >= 4 is 5.91 Å². The van der Waals surface area contributed by atoms with Gasteiger partial charge < -0.3 is 20.1 Å². The van der Waals surface area contributed by atoms with Crippen LogP contribution in [0, 0.1) is 11.3 Å². The molecule has 1 unspecified atom stereocenters. The van der Waals surface area contributed by atoms with Crippen molar-refractivity contribution in [3.05, 3.63) is 0 Å². The van der Waals surface area contributed by atoms with E-state index >= 15 is 0 Å². The third-order valence-electron chi connectivity index (χ3n) is 4.04. The standard InChI is InChI=1S/C15H30N2O3/c1-5-19-13(20-6-2)11-17-14(18)15(3,4)12-8-7-9-16-10-12/h12-13,16H,5-11H2,1-4H3,(H,17,18). The van der Waals surface area contributed by atoms with Crippen LogP contribution < -0.4 is 10.6 Å². The lowest BCUT2D eigenvalue weighted by molar-refractivity contribution is -0.146. The van der Waals surface area contributed by atoms with Crippen LogP contribution in [0.5, 0.6) is 0 Å². The molecule has 20 heavy (non-hydrogen) atoms. The molecule has 1 fully saturated rings. The molecule has 1 saturated heterocycles. The Balaban J connectivity index is 2.46. The van der Waals surface area contributed by atoms with Gasteiger partial charge in [-0.05, 0) is 45.7 Å². The minimum atomic E-state index is -0.365. The van der Waals surface area contributed by atoms with Crippen molar-refractivity contribution in [1.82, 2.24) is 10.6 Å². The van der Waals surface area contributed by atoms with Crippen molar-refractivity contribution in [1.29, 1.82) is 0 Å². The maximum absolute atomic E-state index is 12.4. The van der Waals surface area contributed by atoms with Gasteiger partial charge in [0.1, 0.15) is 0 Å². The van der Waals surface area contributed by atoms with Crippen LogP contribution in [0.4, 0.5) is 0 Å². The van der Waals surface area contributed by atoms with Gasteiger partial charge in [-0.15, -0.1) is 0 Å². The van der Waals surface area contributed by atoms with Crippen molar-refractivity contribution in [2.75, 3.05) is 32.8 Å². The second kappa shape index (κ2) is 8.60. The van der Waals surface area contributed by atoms with Gasteiger partial charge in [-0.1, -0.05) is 13.8 Å². The molecule has 0 aromatic heterocycles. The molecule has 5 heteroatoms. The van der Waals surface area contributed by atoms with Gasteiger partial charge in [0.15, 0.2) is 6.29 Å². The lowest BCUT2D eigenvalue weighted by Gasteiger charge is -2.36. The van der Waals surface area contributed by atoms with Crippen molar-refractivity contribution in [3.63, 3.8) is 0 Å². The number of carbonyl (C=O) groups is 1. The summed E-state index contributed by atoms with van der Waals surface area (Å²) in [6.07, 6.45) is 1.89. The number of amides is 1. The Hall–Kier alpha value is -0.650. The first-order chi connectivity index (χ1) is 9.52. The zero-order chi connectivity index (χ0) is 15.0. The number of carbonyl (C=O) groups excluding carboxylic acids is 1. The van der Waals surface area contributed by atoms with E-state index in [1.54, 1.807) is 0 Å². The Morgan fingerprint density at radius 1 is 1.35 bits per heavy atom. The minimum absolute atomic E-state index is 0.0793. The van der Waals surface area contributed by atoms with Crippen LogP contribution in [0.25, 0.3) is 0 Å². The van der Waals surface area contributed by atoms with Gasteiger partial charge in [-0.2, -0.15) is 0 Å². The van der Waals surface area contributed by atoms with E-state index in [2.05, 4.69) is 10.6 Å². The summed E-state index contributed by atoms with van der Waals surface area (Å²) in [5.41, 5.74) is -0.365. The van der Waals surface area contributed by atoms with Gasteiger partial charge in [-0.3, -0.25) is 4.79 Å². The van der Waals surface area contributed by atoms with E-state index in [4.69, 9.17) is 9.47 Å². The maximum Gasteiger partial charge on any atom is 0.226 e. The molecule has 0 radical (unpaired) electrons. The van der Waals surface area contributed by atoms with Crippen molar-refractivity contribution in [3.8, 4) is 0 Å². The minimum Gasteiger partial charge on any atom is -0.351 e. The molecule has 0 spiro atoms. The third-order valence-corrected chi connectivity index (χ3v) is 4.04. The van der Waals surface area contributed by atoms with E-state index < -0.39 is 0 Å². The predicted molar refractivity (Wildman–Crippen MR) is 79.4 cm³/mol. The second-order valence-electron chi connectivity index (χ2n) is 5.82. The molecule has 1 aliphatic rings. The number of hydrogen-bond donors (Lipinski definition) is 2. The van der Waals surface area contributed by atoms with Crippen LogP contribution in [0.2, 0.25) is 0 Å². The molecule has 0 aromatic carbocycles. The Morgan fingerprint density at radius 3 is 2.50 bits per heavy atom. The Morgan fingerprint density at radius 2 is 2.00 bits per heavy atom. The highest BCUT2D eigenvalue weighted by molar-refractivity contribution is 5.82. The molecule has 0 saturated carbocycles. The molecule has 1 heterocycles. The summed E-state index contributed by atoms with van der Waals surface area (Å²) in [6, 6.07) is 0. The summed E-state index contributed by atoms with van der Waals surface area (Å²) < 4.78 is 10.9. The van der Waals surface area contributed by atoms with Gasteiger partial charge in [-0.25, -0.2) is 0 Å². The van der Waals surface area contributed by atoms with Gasteiger partial charge in [0.25, 0.3) is 0 Å². The molecule has 1 atom stereocenters. The average molecular weight is 286 g/mol. The van der Waals surface area contributed by atoms with E-state index in [0.29, 0.717) is 25.7 Å². The summed E-state index contributed by atoms with van der Waals surface area (Å²) in [7, 11) is 0. The van der Waals surface area contributed by atoms with Gasteiger partial charge in [0.2, 0.25) is 5.91 Å². The number of rotatable bonds is 8. The summed E-state index contributed by atoms with van der Waals surface area (Å²) in [4.78, 5) is 12.4. The largest absolute Gasteiger partial charge is 0.351 e. The molecule has 2 N–H and O–H groups in total. The fraction of sp³-hybridized carbons (Fsp3) is 0.933. The van der Waals surface area contributed by atoms with Crippen LogP contribution in [0.1, 0.15) is 40.5 Å². The number of ether oxygens (including phenoxy) is 2. The molecule has 118 valence electrons. The molecular weight excluding hydrogens is 256 g/mol. The monoisotopic (exact) mass is 286 g/mol. The van der Waals surface area contributed by atoms with Crippen LogP contribution in [0.15, 0.2) is 0 Å². The number of hydrogen-bond acceptors (Lipinski definition) is 4. The highest BCUT2D eigenvalue weighted by Crippen LogP contribution is 2.31. The van der Waals surface area contributed by atoms with Gasteiger partial charge in [0, 0.05) is 18.6 Å². The number of nitrogens with one attached hydrogen (secondary N) is 2.